The van der Waals surface area contributed by atoms with Gasteiger partial charge in [-0.1, -0.05) is 18.2 Å². The minimum absolute atomic E-state index is 0.174. The highest BCUT2D eigenvalue weighted by molar-refractivity contribution is 5.81. The van der Waals surface area contributed by atoms with Crippen LogP contribution < -0.4 is 5.32 Å². The number of rotatable bonds is 2. The smallest absolute Gasteiger partial charge is 0.188 e. The molecule has 2 atom stereocenters. The fourth-order valence-electron chi connectivity index (χ4n) is 2.39. The fraction of sp³-hybridized carbons (Fsp3) is 0.462. The molecule has 3 nitrogen and oxygen atoms in total. The van der Waals surface area contributed by atoms with E-state index < -0.39 is 0 Å². The van der Waals surface area contributed by atoms with Gasteiger partial charge in [-0.2, -0.15) is 0 Å². The summed E-state index contributed by atoms with van der Waals surface area (Å²) in [5.41, 5.74) is 0.633. The summed E-state index contributed by atoms with van der Waals surface area (Å²) < 4.78 is 19.2. The van der Waals surface area contributed by atoms with Crippen LogP contribution in [0.15, 0.2) is 29.3 Å². The van der Waals surface area contributed by atoms with E-state index in [0.29, 0.717) is 18.1 Å². The molecule has 0 radical (unpaired) electrons. The Labute approximate surface area is 99.7 Å². The second kappa shape index (κ2) is 4.45. The van der Waals surface area contributed by atoms with Crippen molar-refractivity contribution in [2.24, 2.45) is 10.9 Å². The number of benzene rings is 1. The third kappa shape index (κ3) is 2.05. The van der Waals surface area contributed by atoms with Crippen molar-refractivity contribution in [1.29, 1.82) is 0 Å². The summed E-state index contributed by atoms with van der Waals surface area (Å²) >= 11 is 0. The largest absolute Gasteiger partial charge is 0.478 e. The average molecular weight is 234 g/mol. The van der Waals surface area contributed by atoms with Crippen LogP contribution in [0.25, 0.3) is 0 Å². The molecular formula is C13H15FN2O. The highest BCUT2D eigenvalue weighted by atomic mass is 19.1. The van der Waals surface area contributed by atoms with E-state index in [-0.39, 0.29) is 11.9 Å². The van der Waals surface area contributed by atoms with Crippen molar-refractivity contribution in [3.05, 3.63) is 35.6 Å². The van der Waals surface area contributed by atoms with Crippen molar-refractivity contribution < 1.29 is 9.13 Å². The first kappa shape index (κ1) is 10.7. The topological polar surface area (TPSA) is 33.6 Å². The van der Waals surface area contributed by atoms with Gasteiger partial charge < -0.3 is 10.1 Å². The van der Waals surface area contributed by atoms with E-state index in [2.05, 4.69) is 10.3 Å². The highest BCUT2D eigenvalue weighted by Crippen LogP contribution is 2.28. The molecular weight excluding hydrogens is 219 g/mol. The zero-order chi connectivity index (χ0) is 11.7. The normalized spacial score (nSPS) is 27.9. The van der Waals surface area contributed by atoms with Crippen LogP contribution >= 0.6 is 0 Å². The van der Waals surface area contributed by atoms with Crippen LogP contribution in [0.3, 0.4) is 0 Å². The molecule has 0 aliphatic carbocycles. The van der Waals surface area contributed by atoms with E-state index in [1.54, 1.807) is 12.1 Å². The molecule has 1 aromatic carbocycles. The summed E-state index contributed by atoms with van der Waals surface area (Å²) in [4.78, 5) is 4.52. The maximum absolute atomic E-state index is 13.6. The molecule has 0 bridgehead atoms. The van der Waals surface area contributed by atoms with Crippen LogP contribution in [0.4, 0.5) is 4.39 Å². The number of nitrogens with one attached hydrogen (secondary N) is 1. The van der Waals surface area contributed by atoms with E-state index >= 15 is 0 Å². The van der Waals surface area contributed by atoms with Crippen LogP contribution in [0.2, 0.25) is 0 Å². The zero-order valence-corrected chi connectivity index (χ0v) is 9.53. The predicted octanol–water partition coefficient (Wildman–Crippen LogP) is 1.91. The van der Waals surface area contributed by atoms with Gasteiger partial charge in [0.25, 0.3) is 0 Å². The number of hydrogen-bond donors (Lipinski definition) is 1. The van der Waals surface area contributed by atoms with Crippen molar-refractivity contribution in [1.82, 2.24) is 5.32 Å². The summed E-state index contributed by atoms with van der Waals surface area (Å²) in [6, 6.07) is 6.61. The number of ether oxygens (including phenoxy) is 1. The van der Waals surface area contributed by atoms with Crippen LogP contribution in [0.1, 0.15) is 18.0 Å². The lowest BCUT2D eigenvalue weighted by Crippen LogP contribution is -2.17. The van der Waals surface area contributed by atoms with Crippen LogP contribution in [0, 0.1) is 11.7 Å². The quantitative estimate of drug-likeness (QED) is 0.848. The highest BCUT2D eigenvalue weighted by Gasteiger charge is 2.29. The van der Waals surface area contributed by atoms with Gasteiger partial charge in [0, 0.05) is 18.0 Å². The molecule has 2 heterocycles. The molecule has 3 rings (SSSR count). The molecule has 1 aromatic rings. The molecule has 2 aliphatic heterocycles. The van der Waals surface area contributed by atoms with Crippen LogP contribution in [0.5, 0.6) is 0 Å². The van der Waals surface area contributed by atoms with Crippen molar-refractivity contribution in [3.8, 4) is 0 Å². The molecule has 17 heavy (non-hydrogen) atoms. The van der Waals surface area contributed by atoms with E-state index in [4.69, 9.17) is 4.74 Å². The second-order valence-electron chi connectivity index (χ2n) is 4.51. The molecule has 0 spiro atoms. The molecule has 0 amide bonds. The standard InChI is InChI=1S/C13H15FN2O/c14-11-4-2-1-3-10(11)12-8-17-13(16-12)9-5-6-15-7-9/h1-4,9,12,15H,5-8H2. The first-order chi connectivity index (χ1) is 8.34. The Bertz CT molecular complexity index is 441. The molecule has 2 aliphatic rings. The van der Waals surface area contributed by atoms with Crippen LogP contribution in [-0.4, -0.2) is 25.6 Å². The maximum Gasteiger partial charge on any atom is 0.188 e. The van der Waals surface area contributed by atoms with E-state index in [1.165, 1.54) is 6.07 Å². The van der Waals surface area contributed by atoms with Gasteiger partial charge in [-0.05, 0) is 19.0 Å². The van der Waals surface area contributed by atoms with Crippen molar-refractivity contribution in [3.63, 3.8) is 0 Å². The lowest BCUT2D eigenvalue weighted by atomic mass is 10.1. The Balaban J connectivity index is 1.80. The Morgan fingerprint density at radius 3 is 3.00 bits per heavy atom. The first-order valence-electron chi connectivity index (χ1n) is 6.00. The minimum atomic E-state index is -0.198. The summed E-state index contributed by atoms with van der Waals surface area (Å²) in [7, 11) is 0. The Morgan fingerprint density at radius 1 is 1.35 bits per heavy atom. The molecule has 1 fully saturated rings. The number of halogens is 1. The third-order valence-electron chi connectivity index (χ3n) is 3.35. The zero-order valence-electron chi connectivity index (χ0n) is 9.53. The van der Waals surface area contributed by atoms with Gasteiger partial charge in [0.15, 0.2) is 5.90 Å². The molecule has 1 N–H and O–H groups in total. The number of hydrogen-bond acceptors (Lipinski definition) is 3. The second-order valence-corrected chi connectivity index (χ2v) is 4.51. The Hall–Kier alpha value is -1.42. The van der Waals surface area contributed by atoms with Gasteiger partial charge in [0.05, 0.1) is 0 Å². The first-order valence-corrected chi connectivity index (χ1v) is 6.00. The van der Waals surface area contributed by atoms with Gasteiger partial charge in [0.1, 0.15) is 18.5 Å². The molecule has 1 saturated heterocycles. The minimum Gasteiger partial charge on any atom is -0.478 e. The average Bonchev–Trinajstić information content (AvgIpc) is 3.00. The van der Waals surface area contributed by atoms with Crippen molar-refractivity contribution in [2.75, 3.05) is 19.7 Å². The van der Waals surface area contributed by atoms with Gasteiger partial charge >= 0.3 is 0 Å². The molecule has 0 saturated carbocycles. The Kier molecular flexibility index (Phi) is 2.81. The van der Waals surface area contributed by atoms with E-state index in [1.807, 2.05) is 6.07 Å². The molecule has 90 valence electrons. The molecule has 4 heteroatoms. The van der Waals surface area contributed by atoms with Crippen molar-refractivity contribution >= 4 is 5.90 Å². The summed E-state index contributed by atoms with van der Waals surface area (Å²) in [6.45, 7) is 2.40. The molecule has 0 aromatic heterocycles. The third-order valence-corrected chi connectivity index (χ3v) is 3.35. The van der Waals surface area contributed by atoms with Gasteiger partial charge in [-0.15, -0.1) is 0 Å². The number of aliphatic imine (C=N–C) groups is 1. The summed E-state index contributed by atoms with van der Waals surface area (Å²) in [5.74, 6) is 0.964. The number of nitrogens with zero attached hydrogens (tertiary/aromatic N) is 1. The lowest BCUT2D eigenvalue weighted by Gasteiger charge is -2.06. The fourth-order valence-corrected chi connectivity index (χ4v) is 2.39. The lowest BCUT2D eigenvalue weighted by molar-refractivity contribution is 0.299. The van der Waals surface area contributed by atoms with E-state index in [9.17, 15) is 4.39 Å². The monoisotopic (exact) mass is 234 g/mol. The Morgan fingerprint density at radius 2 is 2.24 bits per heavy atom. The van der Waals surface area contributed by atoms with Crippen molar-refractivity contribution in [2.45, 2.75) is 12.5 Å². The van der Waals surface area contributed by atoms with Gasteiger partial charge in [0.2, 0.25) is 0 Å². The summed E-state index contributed by atoms with van der Waals surface area (Å²) in [6.07, 6.45) is 1.06. The molecule has 2 unspecified atom stereocenters. The predicted molar refractivity (Wildman–Crippen MR) is 63.5 cm³/mol. The van der Waals surface area contributed by atoms with Crippen LogP contribution in [-0.2, 0) is 4.74 Å². The van der Waals surface area contributed by atoms with Gasteiger partial charge in [-0.3, -0.25) is 0 Å². The maximum atomic E-state index is 13.6. The van der Waals surface area contributed by atoms with E-state index in [0.717, 1.165) is 25.4 Å². The summed E-state index contributed by atoms with van der Waals surface area (Å²) in [5, 5.41) is 3.28. The SMILES string of the molecule is Fc1ccccc1C1COC(C2CCNC2)=N1. The van der Waals surface area contributed by atoms with Gasteiger partial charge in [-0.25, -0.2) is 9.38 Å².